The lowest BCUT2D eigenvalue weighted by Gasteiger charge is -2.23. The van der Waals surface area contributed by atoms with E-state index in [0.29, 0.717) is 6.10 Å². The zero-order valence-electron chi connectivity index (χ0n) is 6.55. The summed E-state index contributed by atoms with van der Waals surface area (Å²) >= 11 is 0. The molecule has 0 aromatic heterocycles. The van der Waals surface area contributed by atoms with Crippen LogP contribution in [0.1, 0.15) is 32.6 Å². The molecule has 2 atom stereocenters. The van der Waals surface area contributed by atoms with E-state index in [0.717, 1.165) is 19.4 Å². The molecule has 0 amide bonds. The van der Waals surface area contributed by atoms with Crippen LogP contribution in [-0.2, 0) is 4.74 Å². The lowest BCUT2D eigenvalue weighted by Crippen LogP contribution is -2.23. The van der Waals surface area contributed by atoms with E-state index in [1.165, 1.54) is 12.8 Å². The van der Waals surface area contributed by atoms with E-state index in [2.05, 4.69) is 0 Å². The molecule has 1 aliphatic rings. The fourth-order valence-corrected chi connectivity index (χ4v) is 1.37. The van der Waals surface area contributed by atoms with Gasteiger partial charge in [-0.05, 0) is 32.6 Å². The van der Waals surface area contributed by atoms with E-state index < -0.39 is 0 Å². The predicted molar refractivity (Wildman–Crippen MR) is 39.9 cm³/mol. The Morgan fingerprint density at radius 3 is 2.90 bits per heavy atom. The van der Waals surface area contributed by atoms with Gasteiger partial charge in [-0.15, -0.1) is 0 Å². The molecule has 0 aromatic rings. The number of ether oxygens (including phenoxy) is 1. The summed E-state index contributed by atoms with van der Waals surface area (Å²) in [7, 11) is 0. The van der Waals surface area contributed by atoms with Gasteiger partial charge in [0.25, 0.3) is 0 Å². The van der Waals surface area contributed by atoms with Crippen LogP contribution in [0.4, 0.5) is 0 Å². The summed E-state index contributed by atoms with van der Waals surface area (Å²) < 4.78 is 5.43. The van der Waals surface area contributed by atoms with Gasteiger partial charge in [-0.3, -0.25) is 0 Å². The molecule has 0 spiro atoms. The lowest BCUT2D eigenvalue weighted by atomic mass is 10.0. The molecule has 1 heterocycles. The molecule has 1 N–H and O–H groups in total. The first kappa shape index (κ1) is 8.02. The smallest absolute Gasteiger partial charge is 0.0599 e. The maximum absolute atomic E-state index is 9.02. The Kier molecular flexibility index (Phi) is 3.16. The van der Waals surface area contributed by atoms with Crippen LogP contribution < -0.4 is 0 Å². The average Bonchev–Trinajstić information content (AvgIpc) is 1.88. The minimum Gasteiger partial charge on any atom is -0.393 e. The first-order valence-corrected chi connectivity index (χ1v) is 4.08. The Morgan fingerprint density at radius 1 is 1.60 bits per heavy atom. The van der Waals surface area contributed by atoms with Gasteiger partial charge in [0.15, 0.2) is 0 Å². The van der Waals surface area contributed by atoms with E-state index in [1.54, 1.807) is 0 Å². The van der Waals surface area contributed by atoms with E-state index in [4.69, 9.17) is 9.84 Å². The first-order chi connectivity index (χ1) is 4.79. The zero-order chi connectivity index (χ0) is 7.40. The molecule has 60 valence electrons. The van der Waals surface area contributed by atoms with Crippen LogP contribution in [0.2, 0.25) is 0 Å². The third-order valence-corrected chi connectivity index (χ3v) is 1.88. The number of aliphatic hydroxyl groups excluding tert-OH is 1. The van der Waals surface area contributed by atoms with Crippen LogP contribution in [0.3, 0.4) is 0 Å². The second kappa shape index (κ2) is 3.94. The van der Waals surface area contributed by atoms with Crippen molar-refractivity contribution in [2.24, 2.45) is 0 Å². The molecular formula is C8H16O2. The summed E-state index contributed by atoms with van der Waals surface area (Å²) in [5.41, 5.74) is 0. The summed E-state index contributed by atoms with van der Waals surface area (Å²) in [5, 5.41) is 9.02. The van der Waals surface area contributed by atoms with E-state index in [1.807, 2.05) is 6.92 Å². The van der Waals surface area contributed by atoms with Crippen LogP contribution in [0.5, 0.6) is 0 Å². The Hall–Kier alpha value is -0.0800. The Morgan fingerprint density at radius 2 is 2.40 bits per heavy atom. The van der Waals surface area contributed by atoms with Gasteiger partial charge in [-0.1, -0.05) is 0 Å². The molecule has 1 aliphatic heterocycles. The summed E-state index contributed by atoms with van der Waals surface area (Å²) in [6.45, 7) is 2.70. The number of hydrogen-bond acceptors (Lipinski definition) is 2. The van der Waals surface area contributed by atoms with Gasteiger partial charge in [0.2, 0.25) is 0 Å². The zero-order valence-corrected chi connectivity index (χ0v) is 6.55. The van der Waals surface area contributed by atoms with Crippen molar-refractivity contribution < 1.29 is 9.84 Å². The monoisotopic (exact) mass is 144 g/mol. The second-order valence-corrected chi connectivity index (χ2v) is 3.07. The van der Waals surface area contributed by atoms with Gasteiger partial charge in [-0.25, -0.2) is 0 Å². The minimum absolute atomic E-state index is 0.205. The normalized spacial score (nSPS) is 30.0. The fraction of sp³-hybridized carbons (Fsp3) is 1.00. The van der Waals surface area contributed by atoms with Crippen LogP contribution in [0, 0.1) is 0 Å². The summed E-state index contributed by atoms with van der Waals surface area (Å²) in [4.78, 5) is 0. The van der Waals surface area contributed by atoms with Crippen molar-refractivity contribution in [1.29, 1.82) is 0 Å². The van der Waals surface area contributed by atoms with Crippen LogP contribution >= 0.6 is 0 Å². The number of aliphatic hydroxyl groups is 1. The van der Waals surface area contributed by atoms with Crippen molar-refractivity contribution in [3.63, 3.8) is 0 Å². The molecule has 0 bridgehead atoms. The molecule has 2 nitrogen and oxygen atoms in total. The van der Waals surface area contributed by atoms with Crippen molar-refractivity contribution in [2.75, 3.05) is 6.61 Å². The highest BCUT2D eigenvalue weighted by molar-refractivity contribution is 4.65. The molecular weight excluding hydrogens is 128 g/mol. The van der Waals surface area contributed by atoms with Crippen LogP contribution in [0.15, 0.2) is 0 Å². The third-order valence-electron chi connectivity index (χ3n) is 1.88. The molecule has 1 rings (SSSR count). The topological polar surface area (TPSA) is 29.5 Å². The van der Waals surface area contributed by atoms with Gasteiger partial charge in [0, 0.05) is 6.61 Å². The Bertz CT molecular complexity index is 85.3. The van der Waals surface area contributed by atoms with Gasteiger partial charge >= 0.3 is 0 Å². The summed E-state index contributed by atoms with van der Waals surface area (Å²) in [6, 6.07) is 0. The predicted octanol–water partition coefficient (Wildman–Crippen LogP) is 1.33. The van der Waals surface area contributed by atoms with Crippen molar-refractivity contribution in [2.45, 2.75) is 44.8 Å². The summed E-state index contributed by atoms with van der Waals surface area (Å²) in [5.74, 6) is 0. The van der Waals surface area contributed by atoms with Gasteiger partial charge in [-0.2, -0.15) is 0 Å². The molecule has 1 saturated heterocycles. The van der Waals surface area contributed by atoms with E-state index in [9.17, 15) is 0 Å². The fourth-order valence-electron chi connectivity index (χ4n) is 1.37. The van der Waals surface area contributed by atoms with Crippen molar-refractivity contribution in [3.05, 3.63) is 0 Å². The third kappa shape index (κ3) is 2.67. The maximum atomic E-state index is 9.02. The number of rotatable bonds is 2. The van der Waals surface area contributed by atoms with Gasteiger partial charge in [0.05, 0.1) is 12.2 Å². The largest absolute Gasteiger partial charge is 0.393 e. The molecule has 0 saturated carbocycles. The van der Waals surface area contributed by atoms with Crippen molar-refractivity contribution in [3.8, 4) is 0 Å². The standard InChI is InChI=1S/C8H16O2/c1-7(9)6-8-4-2-3-5-10-8/h7-9H,2-6H2,1H3. The molecule has 10 heavy (non-hydrogen) atoms. The molecule has 0 aromatic carbocycles. The van der Waals surface area contributed by atoms with Crippen molar-refractivity contribution >= 4 is 0 Å². The van der Waals surface area contributed by atoms with Crippen LogP contribution in [0.25, 0.3) is 0 Å². The van der Waals surface area contributed by atoms with E-state index >= 15 is 0 Å². The molecule has 0 aliphatic carbocycles. The Balaban J connectivity index is 2.13. The lowest BCUT2D eigenvalue weighted by molar-refractivity contribution is -0.0116. The van der Waals surface area contributed by atoms with Crippen molar-refractivity contribution in [1.82, 2.24) is 0 Å². The molecule has 0 radical (unpaired) electrons. The Labute approximate surface area is 62.2 Å². The highest BCUT2D eigenvalue weighted by Gasteiger charge is 2.15. The van der Waals surface area contributed by atoms with Crippen LogP contribution in [-0.4, -0.2) is 23.9 Å². The van der Waals surface area contributed by atoms with Gasteiger partial charge in [0.1, 0.15) is 0 Å². The highest BCUT2D eigenvalue weighted by atomic mass is 16.5. The molecule has 2 heteroatoms. The number of hydrogen-bond donors (Lipinski definition) is 1. The first-order valence-electron chi connectivity index (χ1n) is 4.08. The SMILES string of the molecule is CC(O)CC1CCCCO1. The molecule has 1 fully saturated rings. The summed E-state index contributed by atoms with van der Waals surface area (Å²) in [6.07, 6.45) is 4.51. The van der Waals surface area contributed by atoms with E-state index in [-0.39, 0.29) is 6.10 Å². The average molecular weight is 144 g/mol. The quantitative estimate of drug-likeness (QED) is 0.633. The van der Waals surface area contributed by atoms with Gasteiger partial charge < -0.3 is 9.84 Å². The minimum atomic E-state index is -0.205. The highest BCUT2D eigenvalue weighted by Crippen LogP contribution is 2.16. The second-order valence-electron chi connectivity index (χ2n) is 3.07. The molecule has 2 unspecified atom stereocenters. The maximum Gasteiger partial charge on any atom is 0.0599 e.